The third-order valence-corrected chi connectivity index (χ3v) is 7.77. The zero-order valence-corrected chi connectivity index (χ0v) is 19.7. The van der Waals surface area contributed by atoms with E-state index in [1.54, 1.807) is 26.0 Å². The number of aryl methyl sites for hydroxylation is 1. The lowest BCUT2D eigenvalue weighted by molar-refractivity contribution is 0.0826. The number of halogens is 1. The average Bonchev–Trinajstić information content (AvgIpc) is 2.74. The van der Waals surface area contributed by atoms with E-state index in [1.165, 1.54) is 11.6 Å². The van der Waals surface area contributed by atoms with Crippen molar-refractivity contribution >= 4 is 16.0 Å². The SMILES string of the molecule is CC1(C)OC(N)=NS(=O)(=O)C1c1ccc(C2CCNCC2)cc1.CCc1ccccc1F. The van der Waals surface area contributed by atoms with E-state index in [0.29, 0.717) is 11.5 Å². The molecule has 8 heteroatoms. The molecule has 2 aliphatic rings. The molecule has 0 aliphatic carbocycles. The van der Waals surface area contributed by atoms with Crippen LogP contribution in [0.1, 0.15) is 61.5 Å². The Labute approximate surface area is 190 Å². The quantitative estimate of drug-likeness (QED) is 0.720. The number of amidine groups is 1. The molecule has 0 saturated carbocycles. The fourth-order valence-electron chi connectivity index (χ4n) is 4.34. The van der Waals surface area contributed by atoms with Gasteiger partial charge >= 0.3 is 0 Å². The van der Waals surface area contributed by atoms with Gasteiger partial charge < -0.3 is 15.8 Å². The van der Waals surface area contributed by atoms with Gasteiger partial charge in [-0.1, -0.05) is 49.4 Å². The standard InChI is InChI=1S/C16H23N3O3S.C8H9F/c1-16(2)14(23(20,21)19-15(17)22-16)13-5-3-11(4-6-13)12-7-9-18-10-8-12;1-2-7-5-3-4-6-8(7)9/h3-6,12,14,18H,7-10H2,1-2H3,(H2,17,19);3-6H,2H2,1H3. The monoisotopic (exact) mass is 461 g/mol. The number of nitrogens with two attached hydrogens (primary N) is 1. The molecule has 0 bridgehead atoms. The van der Waals surface area contributed by atoms with Crippen molar-refractivity contribution in [1.29, 1.82) is 0 Å². The minimum Gasteiger partial charge on any atom is -0.457 e. The van der Waals surface area contributed by atoms with Gasteiger partial charge in [0.2, 0.25) is 0 Å². The molecule has 2 heterocycles. The summed E-state index contributed by atoms with van der Waals surface area (Å²) in [5, 5.41) is 2.49. The third-order valence-electron chi connectivity index (χ3n) is 5.90. The van der Waals surface area contributed by atoms with Crippen LogP contribution in [0.25, 0.3) is 0 Å². The van der Waals surface area contributed by atoms with E-state index in [2.05, 4.69) is 9.71 Å². The largest absolute Gasteiger partial charge is 0.457 e. The maximum Gasteiger partial charge on any atom is 0.298 e. The molecule has 2 aromatic carbocycles. The Bertz CT molecular complexity index is 1050. The van der Waals surface area contributed by atoms with E-state index in [1.807, 2.05) is 37.3 Å². The number of hydrogen-bond donors (Lipinski definition) is 2. The van der Waals surface area contributed by atoms with Crippen LogP contribution in [-0.2, 0) is 21.2 Å². The zero-order valence-electron chi connectivity index (χ0n) is 18.8. The highest BCUT2D eigenvalue weighted by Crippen LogP contribution is 2.40. The smallest absolute Gasteiger partial charge is 0.298 e. The zero-order chi connectivity index (χ0) is 23.4. The van der Waals surface area contributed by atoms with Crippen molar-refractivity contribution in [3.05, 3.63) is 71.0 Å². The van der Waals surface area contributed by atoms with E-state index in [-0.39, 0.29) is 11.8 Å². The number of rotatable bonds is 3. The minimum atomic E-state index is -3.74. The predicted molar refractivity (Wildman–Crippen MR) is 126 cm³/mol. The first-order valence-corrected chi connectivity index (χ1v) is 12.5. The van der Waals surface area contributed by atoms with E-state index in [0.717, 1.165) is 37.9 Å². The van der Waals surface area contributed by atoms with Gasteiger partial charge in [0.1, 0.15) is 16.7 Å². The fraction of sp³-hybridized carbons (Fsp3) is 0.458. The molecule has 0 radical (unpaired) electrons. The second-order valence-corrected chi connectivity index (χ2v) is 10.3. The molecule has 1 unspecified atom stereocenters. The molecule has 3 N–H and O–H groups in total. The maximum absolute atomic E-state index is 12.6. The molecule has 2 aromatic rings. The van der Waals surface area contributed by atoms with Crippen LogP contribution in [0, 0.1) is 5.82 Å². The van der Waals surface area contributed by atoms with Crippen molar-refractivity contribution in [2.24, 2.45) is 10.1 Å². The number of benzene rings is 2. The van der Waals surface area contributed by atoms with Crippen LogP contribution >= 0.6 is 0 Å². The molecule has 1 fully saturated rings. The number of nitrogens with one attached hydrogen (secondary N) is 1. The van der Waals surface area contributed by atoms with E-state index >= 15 is 0 Å². The Balaban J connectivity index is 0.000000269. The highest BCUT2D eigenvalue weighted by molar-refractivity contribution is 7.90. The van der Waals surface area contributed by atoms with Crippen LogP contribution in [-0.4, -0.2) is 33.1 Å². The highest BCUT2D eigenvalue weighted by Gasteiger charge is 2.46. The van der Waals surface area contributed by atoms with Crippen LogP contribution in [0.5, 0.6) is 0 Å². The first-order chi connectivity index (χ1) is 15.1. The van der Waals surface area contributed by atoms with Gasteiger partial charge in [0.15, 0.2) is 0 Å². The van der Waals surface area contributed by atoms with E-state index in [4.69, 9.17) is 10.5 Å². The molecule has 32 heavy (non-hydrogen) atoms. The normalized spacial score (nSPS) is 22.1. The number of piperidine rings is 1. The lowest BCUT2D eigenvalue weighted by Crippen LogP contribution is -2.45. The van der Waals surface area contributed by atoms with Gasteiger partial charge in [-0.25, -0.2) is 12.8 Å². The van der Waals surface area contributed by atoms with Gasteiger partial charge in [-0.2, -0.15) is 0 Å². The van der Waals surface area contributed by atoms with Crippen LogP contribution in [0.2, 0.25) is 0 Å². The number of ether oxygens (including phenoxy) is 1. The summed E-state index contributed by atoms with van der Waals surface area (Å²) in [5.74, 6) is 0.436. The summed E-state index contributed by atoms with van der Waals surface area (Å²) >= 11 is 0. The first-order valence-electron chi connectivity index (χ1n) is 11.0. The summed E-state index contributed by atoms with van der Waals surface area (Å²) in [6.45, 7) is 7.43. The highest BCUT2D eigenvalue weighted by atomic mass is 32.2. The molecule has 6 nitrogen and oxygen atoms in total. The van der Waals surface area contributed by atoms with Gasteiger partial charge in [-0.15, -0.1) is 4.40 Å². The predicted octanol–water partition coefficient (Wildman–Crippen LogP) is 4.04. The summed E-state index contributed by atoms with van der Waals surface area (Å²) in [6.07, 6.45) is 2.99. The van der Waals surface area contributed by atoms with E-state index in [9.17, 15) is 12.8 Å². The lowest BCUT2D eigenvalue weighted by Gasteiger charge is -2.36. The molecule has 174 valence electrons. The first kappa shape index (κ1) is 24.2. The molecule has 1 saturated heterocycles. The Hall–Kier alpha value is -2.45. The second kappa shape index (κ2) is 10.0. The Morgan fingerprint density at radius 3 is 2.22 bits per heavy atom. The number of nitrogens with zero attached hydrogens (tertiary/aromatic N) is 1. The fourth-order valence-corrected chi connectivity index (χ4v) is 6.00. The summed E-state index contributed by atoms with van der Waals surface area (Å²) in [6, 6.07) is 14.4. The van der Waals surface area contributed by atoms with Gasteiger partial charge in [0.25, 0.3) is 16.0 Å². The molecular formula is C24H32FN3O3S. The van der Waals surface area contributed by atoms with Crippen molar-refractivity contribution in [2.45, 2.75) is 56.8 Å². The van der Waals surface area contributed by atoms with Crippen LogP contribution in [0.3, 0.4) is 0 Å². The Morgan fingerprint density at radius 1 is 1.09 bits per heavy atom. The molecule has 2 aliphatic heterocycles. The van der Waals surface area contributed by atoms with Crippen molar-refractivity contribution in [3.8, 4) is 0 Å². The topological polar surface area (TPSA) is 93.8 Å². The lowest BCUT2D eigenvalue weighted by atomic mass is 9.88. The number of sulfonamides is 1. The summed E-state index contributed by atoms with van der Waals surface area (Å²) in [5.41, 5.74) is 7.26. The molecule has 1 atom stereocenters. The van der Waals surface area contributed by atoms with Gasteiger partial charge in [-0.3, -0.25) is 0 Å². The van der Waals surface area contributed by atoms with Gasteiger partial charge in [0, 0.05) is 0 Å². The van der Waals surface area contributed by atoms with Crippen molar-refractivity contribution < 1.29 is 17.5 Å². The van der Waals surface area contributed by atoms with Crippen LogP contribution < -0.4 is 11.1 Å². The average molecular weight is 462 g/mol. The minimum absolute atomic E-state index is 0.0972. The van der Waals surface area contributed by atoms with E-state index < -0.39 is 20.9 Å². The molecule has 0 aromatic heterocycles. The maximum atomic E-state index is 12.6. The summed E-state index contributed by atoms with van der Waals surface area (Å²) in [4.78, 5) is 0. The number of hydrogen-bond acceptors (Lipinski definition) is 5. The van der Waals surface area contributed by atoms with Gasteiger partial charge in [0.05, 0.1) is 0 Å². The van der Waals surface area contributed by atoms with Gasteiger partial charge in [-0.05, 0) is 74.9 Å². The van der Waals surface area contributed by atoms with Crippen molar-refractivity contribution in [2.75, 3.05) is 13.1 Å². The Kier molecular flexibility index (Phi) is 7.56. The Morgan fingerprint density at radius 2 is 1.69 bits per heavy atom. The molecule has 0 spiro atoms. The third kappa shape index (κ3) is 5.66. The molecule has 0 amide bonds. The van der Waals surface area contributed by atoms with Crippen molar-refractivity contribution in [1.82, 2.24) is 5.32 Å². The summed E-state index contributed by atoms with van der Waals surface area (Å²) in [7, 11) is -3.74. The molecule has 4 rings (SSSR count). The van der Waals surface area contributed by atoms with Crippen LogP contribution in [0.4, 0.5) is 4.39 Å². The molecular weight excluding hydrogens is 429 g/mol. The van der Waals surface area contributed by atoms with Crippen LogP contribution in [0.15, 0.2) is 52.9 Å². The summed E-state index contributed by atoms with van der Waals surface area (Å²) < 4.78 is 46.4. The second-order valence-electron chi connectivity index (χ2n) is 8.67. The van der Waals surface area contributed by atoms with Crippen molar-refractivity contribution in [3.63, 3.8) is 0 Å².